The maximum Gasteiger partial charge on any atom is 0.327 e. The molecule has 0 aliphatic heterocycles. The van der Waals surface area contributed by atoms with Gasteiger partial charge in [0.1, 0.15) is 11.7 Å². The second-order valence-electron chi connectivity index (χ2n) is 4.56. The lowest BCUT2D eigenvalue weighted by atomic mass is 10.0. The summed E-state index contributed by atoms with van der Waals surface area (Å²) in [4.78, 5) is 21.0. The Labute approximate surface area is 109 Å². The molecule has 0 fully saturated rings. The van der Waals surface area contributed by atoms with Crippen LogP contribution in [0.1, 0.15) is 20.3 Å². The van der Waals surface area contributed by atoms with Crippen molar-refractivity contribution < 1.29 is 19.2 Å². The van der Waals surface area contributed by atoms with Crippen LogP contribution in [0.5, 0.6) is 0 Å². The summed E-state index contributed by atoms with van der Waals surface area (Å²) in [6.45, 7) is 3.66. The van der Waals surface area contributed by atoms with Crippen LogP contribution in [0.2, 0.25) is 0 Å². The Kier molecular flexibility index (Phi) is 4.80. The first-order chi connectivity index (χ1) is 8.82. The number of aliphatic carboxylic acids is 1. The van der Waals surface area contributed by atoms with E-state index in [0.717, 1.165) is 6.07 Å². The van der Waals surface area contributed by atoms with Crippen LogP contribution in [-0.2, 0) is 4.79 Å². The van der Waals surface area contributed by atoms with Gasteiger partial charge in [0.25, 0.3) is 0 Å². The van der Waals surface area contributed by atoms with E-state index >= 15 is 0 Å². The van der Waals surface area contributed by atoms with E-state index in [4.69, 9.17) is 5.11 Å². The Hall–Kier alpha value is -2.18. The average Bonchev–Trinajstić information content (AvgIpc) is 2.26. The lowest BCUT2D eigenvalue weighted by molar-refractivity contribution is -0.386. The Balaban J connectivity index is 3.06. The summed E-state index contributed by atoms with van der Waals surface area (Å²) < 4.78 is 13.4. The van der Waals surface area contributed by atoms with Gasteiger partial charge in [0.05, 0.1) is 4.92 Å². The Morgan fingerprint density at radius 3 is 2.63 bits per heavy atom. The van der Waals surface area contributed by atoms with Gasteiger partial charge in [0.2, 0.25) is 5.82 Å². The quantitative estimate of drug-likeness (QED) is 0.612. The molecule has 1 atom stereocenters. The third-order valence-electron chi connectivity index (χ3n) is 2.50. The number of nitro benzene ring substituents is 1. The number of carbonyl (C=O) groups is 1. The Bertz CT molecular complexity index is 491. The van der Waals surface area contributed by atoms with Gasteiger partial charge in [0, 0.05) is 0 Å². The lowest BCUT2D eigenvalue weighted by Crippen LogP contribution is -2.31. The molecule has 2 N–H and O–H groups in total. The number of halogens is 1. The highest BCUT2D eigenvalue weighted by atomic mass is 19.1. The van der Waals surface area contributed by atoms with Crippen LogP contribution in [0, 0.1) is 21.8 Å². The molecule has 0 saturated carbocycles. The predicted molar refractivity (Wildman–Crippen MR) is 67.6 cm³/mol. The largest absolute Gasteiger partial charge is 0.480 e. The standard InChI is InChI=1S/C12H15FN2O4/c1-7(2)6-10(12(16)17)14-9-5-3-4-8(13)11(9)15(18)19/h3-5,7,10,14H,6H2,1-2H3,(H,16,17)/t10-/m1/s1. The highest BCUT2D eigenvalue weighted by Crippen LogP contribution is 2.28. The fourth-order valence-corrected chi connectivity index (χ4v) is 1.70. The van der Waals surface area contributed by atoms with Crippen LogP contribution in [0.25, 0.3) is 0 Å². The lowest BCUT2D eigenvalue weighted by Gasteiger charge is -2.17. The molecule has 0 radical (unpaired) electrons. The molecule has 0 aliphatic carbocycles. The van der Waals surface area contributed by atoms with Gasteiger partial charge >= 0.3 is 11.7 Å². The smallest absolute Gasteiger partial charge is 0.327 e. The highest BCUT2D eigenvalue weighted by molar-refractivity contribution is 5.79. The van der Waals surface area contributed by atoms with Crippen LogP contribution in [-0.4, -0.2) is 22.0 Å². The second-order valence-corrected chi connectivity index (χ2v) is 4.56. The van der Waals surface area contributed by atoms with Gasteiger partial charge in [-0.25, -0.2) is 4.79 Å². The van der Waals surface area contributed by atoms with Crippen LogP contribution >= 0.6 is 0 Å². The molecule has 19 heavy (non-hydrogen) atoms. The third kappa shape index (κ3) is 3.90. The van der Waals surface area contributed by atoms with Gasteiger partial charge in [-0.15, -0.1) is 0 Å². The zero-order valence-corrected chi connectivity index (χ0v) is 10.6. The van der Waals surface area contributed by atoms with E-state index in [1.54, 1.807) is 0 Å². The minimum atomic E-state index is -1.13. The van der Waals surface area contributed by atoms with E-state index in [1.165, 1.54) is 12.1 Å². The van der Waals surface area contributed by atoms with E-state index in [9.17, 15) is 19.3 Å². The van der Waals surface area contributed by atoms with Gasteiger partial charge in [-0.3, -0.25) is 10.1 Å². The molecule has 0 unspecified atom stereocenters. The minimum Gasteiger partial charge on any atom is -0.480 e. The van der Waals surface area contributed by atoms with Crippen molar-refractivity contribution in [2.75, 3.05) is 5.32 Å². The van der Waals surface area contributed by atoms with Crippen LogP contribution in [0.15, 0.2) is 18.2 Å². The van der Waals surface area contributed by atoms with Gasteiger partial charge < -0.3 is 10.4 Å². The molecule has 1 aromatic carbocycles. The van der Waals surface area contributed by atoms with Gasteiger partial charge in [0.15, 0.2) is 0 Å². The third-order valence-corrected chi connectivity index (χ3v) is 2.50. The molecule has 6 nitrogen and oxygen atoms in total. The normalized spacial score (nSPS) is 12.2. The summed E-state index contributed by atoms with van der Waals surface area (Å²) >= 11 is 0. The molecule has 0 spiro atoms. The first kappa shape index (κ1) is 14.9. The molecule has 0 saturated heterocycles. The van der Waals surface area contributed by atoms with E-state index in [2.05, 4.69) is 5.32 Å². The number of hydrogen-bond acceptors (Lipinski definition) is 4. The van der Waals surface area contributed by atoms with E-state index in [1.807, 2.05) is 13.8 Å². The molecular weight excluding hydrogens is 255 g/mol. The molecule has 1 aromatic rings. The SMILES string of the molecule is CC(C)C[C@@H](Nc1cccc(F)c1[N+](=O)[O-])C(=O)O. The first-order valence-corrected chi connectivity index (χ1v) is 5.75. The van der Waals surface area contributed by atoms with Crippen molar-refractivity contribution in [3.05, 3.63) is 34.1 Å². The molecule has 104 valence electrons. The summed E-state index contributed by atoms with van der Waals surface area (Å²) in [6.07, 6.45) is 0.281. The molecule has 0 amide bonds. The molecule has 0 heterocycles. The maximum absolute atomic E-state index is 13.4. The van der Waals surface area contributed by atoms with Crippen molar-refractivity contribution in [2.24, 2.45) is 5.92 Å². The summed E-state index contributed by atoms with van der Waals surface area (Å²) in [5.41, 5.74) is -0.865. The number of para-hydroxylation sites is 1. The minimum absolute atomic E-state index is 0.0845. The Morgan fingerprint density at radius 1 is 1.53 bits per heavy atom. The number of carboxylic acid groups (broad SMARTS) is 1. The molecule has 0 bridgehead atoms. The zero-order chi connectivity index (χ0) is 14.6. The molecule has 0 aromatic heterocycles. The van der Waals surface area contributed by atoms with Crippen LogP contribution in [0.3, 0.4) is 0 Å². The number of nitrogens with zero attached hydrogens (tertiary/aromatic N) is 1. The van der Waals surface area contributed by atoms with Gasteiger partial charge in [-0.2, -0.15) is 4.39 Å². The molecule has 7 heteroatoms. The summed E-state index contributed by atoms with van der Waals surface area (Å²) in [7, 11) is 0. The number of hydrogen-bond donors (Lipinski definition) is 2. The summed E-state index contributed by atoms with van der Waals surface area (Å²) in [5, 5.41) is 22.4. The van der Waals surface area contributed by atoms with E-state index < -0.39 is 28.4 Å². The Morgan fingerprint density at radius 2 is 2.16 bits per heavy atom. The summed E-state index contributed by atoms with van der Waals surface area (Å²) in [5.74, 6) is -2.04. The fourth-order valence-electron chi connectivity index (χ4n) is 1.70. The van der Waals surface area contributed by atoms with E-state index in [0.29, 0.717) is 0 Å². The number of nitrogens with one attached hydrogen (secondary N) is 1. The topological polar surface area (TPSA) is 92.5 Å². The number of carboxylic acids is 1. The molecule has 0 aliphatic rings. The molecular formula is C12H15FN2O4. The van der Waals surface area contributed by atoms with Gasteiger partial charge in [-0.05, 0) is 24.5 Å². The molecule has 1 rings (SSSR count). The number of nitro groups is 1. The number of rotatable bonds is 6. The van der Waals surface area contributed by atoms with Crippen molar-refractivity contribution in [2.45, 2.75) is 26.3 Å². The zero-order valence-electron chi connectivity index (χ0n) is 10.6. The van der Waals surface area contributed by atoms with Crippen molar-refractivity contribution in [1.29, 1.82) is 0 Å². The first-order valence-electron chi connectivity index (χ1n) is 5.75. The maximum atomic E-state index is 13.4. The van der Waals surface area contributed by atoms with Crippen molar-refractivity contribution in [1.82, 2.24) is 0 Å². The van der Waals surface area contributed by atoms with Gasteiger partial charge in [-0.1, -0.05) is 19.9 Å². The fraction of sp³-hybridized carbons (Fsp3) is 0.417. The highest BCUT2D eigenvalue weighted by Gasteiger charge is 2.25. The van der Waals surface area contributed by atoms with Crippen molar-refractivity contribution in [3.8, 4) is 0 Å². The van der Waals surface area contributed by atoms with Crippen molar-refractivity contribution >= 4 is 17.3 Å². The van der Waals surface area contributed by atoms with Crippen LogP contribution in [0.4, 0.5) is 15.8 Å². The predicted octanol–water partition coefficient (Wildman–Crippen LogP) is 2.65. The van der Waals surface area contributed by atoms with Crippen molar-refractivity contribution in [3.63, 3.8) is 0 Å². The summed E-state index contributed by atoms with van der Waals surface area (Å²) in [6, 6.07) is 2.54. The monoisotopic (exact) mass is 270 g/mol. The second kappa shape index (κ2) is 6.12. The number of anilines is 1. The number of benzene rings is 1. The van der Waals surface area contributed by atoms with E-state index in [-0.39, 0.29) is 18.0 Å². The average molecular weight is 270 g/mol. The van der Waals surface area contributed by atoms with Crippen LogP contribution < -0.4 is 5.32 Å².